The Balaban J connectivity index is 0.000000726. The van der Waals surface area contributed by atoms with Crippen LogP contribution in [0.5, 0.6) is 0 Å². The Kier molecular flexibility index (Phi) is 20.9. The van der Waals surface area contributed by atoms with Crippen LogP contribution in [0.15, 0.2) is 60.7 Å². The average molecular weight is 741 g/mol. The molecule has 3 atom stereocenters. The van der Waals surface area contributed by atoms with Gasteiger partial charge >= 0.3 is 35.8 Å². The number of ketones is 1. The van der Waals surface area contributed by atoms with E-state index in [9.17, 15) is 33.6 Å². The van der Waals surface area contributed by atoms with Crippen LogP contribution in [-0.4, -0.2) is 85.4 Å². The lowest BCUT2D eigenvalue weighted by Gasteiger charge is -2.12. The number of aliphatic hydroxyl groups is 1. The number of benzene rings is 3. The van der Waals surface area contributed by atoms with Crippen molar-refractivity contribution in [3.63, 3.8) is 0 Å². The lowest BCUT2D eigenvalue weighted by molar-refractivity contribution is 0.0321. The fourth-order valence-electron chi connectivity index (χ4n) is 3.65. The van der Waals surface area contributed by atoms with Crippen LogP contribution in [-0.2, 0) is 9.47 Å². The maximum atomic E-state index is 11.8. The van der Waals surface area contributed by atoms with Gasteiger partial charge in [0.25, 0.3) is 0 Å². The summed E-state index contributed by atoms with van der Waals surface area (Å²) < 4.78 is 10.2. The second-order valence-corrected chi connectivity index (χ2v) is 11.6. The zero-order valence-corrected chi connectivity index (χ0v) is 31.0. The van der Waals surface area contributed by atoms with Crippen LogP contribution in [0.2, 0.25) is 0 Å². The van der Waals surface area contributed by atoms with Gasteiger partial charge in [-0.25, -0.2) is 28.8 Å². The molecule has 0 saturated heterocycles. The fraction of sp³-hybridized carbons (Fsp3) is 0.359. The highest BCUT2D eigenvalue weighted by molar-refractivity contribution is 6.06. The van der Waals surface area contributed by atoms with Gasteiger partial charge in [0.2, 0.25) is 0 Å². The van der Waals surface area contributed by atoms with Crippen LogP contribution in [0.3, 0.4) is 0 Å². The number of carboxylic acids is 4. The summed E-state index contributed by atoms with van der Waals surface area (Å²) in [5, 5.41) is 43.6. The smallest absolute Gasteiger partial charge is 0.339 e. The number of aliphatic hydroxyl groups excluding tert-OH is 1. The van der Waals surface area contributed by atoms with Gasteiger partial charge in [-0.3, -0.25) is 4.79 Å². The number of hydrogen-bond acceptors (Lipinski definition) is 10. The van der Waals surface area contributed by atoms with E-state index in [1.54, 1.807) is 19.9 Å². The van der Waals surface area contributed by atoms with Crippen molar-refractivity contribution in [2.75, 3.05) is 0 Å². The monoisotopic (exact) mass is 740 g/mol. The molecule has 0 aliphatic heterocycles. The highest BCUT2D eigenvalue weighted by Gasteiger charge is 2.21. The van der Waals surface area contributed by atoms with E-state index in [0.717, 1.165) is 54.8 Å². The highest BCUT2D eigenvalue weighted by Crippen LogP contribution is 2.16. The van der Waals surface area contributed by atoms with Gasteiger partial charge in [-0.2, -0.15) is 0 Å². The molecule has 288 valence electrons. The number of carbonyl (C=O) groups excluding carboxylic acids is 3. The Morgan fingerprint density at radius 2 is 0.925 bits per heavy atom. The Morgan fingerprint density at radius 3 is 1.26 bits per heavy atom. The predicted molar refractivity (Wildman–Crippen MR) is 194 cm³/mol. The topological polar surface area (TPSA) is 239 Å². The van der Waals surface area contributed by atoms with Crippen molar-refractivity contribution in [2.45, 2.75) is 93.0 Å². The quantitative estimate of drug-likeness (QED) is 0.0924. The molecule has 3 unspecified atom stereocenters. The molecule has 0 saturated carbocycles. The van der Waals surface area contributed by atoms with E-state index >= 15 is 0 Å². The van der Waals surface area contributed by atoms with Gasteiger partial charge in [-0.15, -0.1) is 0 Å². The van der Waals surface area contributed by atoms with Crippen molar-refractivity contribution in [2.24, 2.45) is 0 Å². The molecule has 0 bridgehead atoms. The molecule has 14 heteroatoms. The molecule has 3 rings (SSSR count). The van der Waals surface area contributed by atoms with Gasteiger partial charge < -0.3 is 35.0 Å². The first-order valence-electron chi connectivity index (χ1n) is 16.6. The first kappa shape index (κ1) is 47.1. The first-order chi connectivity index (χ1) is 24.7. The van der Waals surface area contributed by atoms with Gasteiger partial charge in [0.05, 0.1) is 51.7 Å². The van der Waals surface area contributed by atoms with Crippen molar-refractivity contribution < 1.29 is 68.6 Å². The summed E-state index contributed by atoms with van der Waals surface area (Å²) >= 11 is 0. The number of Topliss-reactive ketones (excluding diaryl/α,β-unsaturated/α-hetero) is 1. The Bertz CT molecular complexity index is 1740. The van der Waals surface area contributed by atoms with Crippen molar-refractivity contribution in [1.82, 2.24) is 0 Å². The predicted octanol–water partition coefficient (Wildman–Crippen LogP) is 7.05. The molecule has 0 fully saturated rings. The largest absolute Gasteiger partial charge is 0.478 e. The van der Waals surface area contributed by atoms with Crippen LogP contribution in [0, 0.1) is 6.92 Å². The second-order valence-electron chi connectivity index (χ2n) is 11.6. The number of esters is 2. The maximum absolute atomic E-state index is 11.8. The Morgan fingerprint density at radius 1 is 0.547 bits per heavy atom. The van der Waals surface area contributed by atoms with E-state index in [1.807, 2.05) is 52.8 Å². The van der Waals surface area contributed by atoms with Crippen LogP contribution in [0.1, 0.15) is 146 Å². The molecular weight excluding hydrogens is 692 g/mol. The number of aryl methyl sites for hydroxylation is 1. The van der Waals surface area contributed by atoms with Crippen molar-refractivity contribution >= 4 is 41.6 Å². The fourth-order valence-corrected chi connectivity index (χ4v) is 3.65. The molecule has 14 nitrogen and oxygen atoms in total. The third-order valence-corrected chi connectivity index (χ3v) is 7.32. The summed E-state index contributed by atoms with van der Waals surface area (Å²) in [5.41, 5.74) is 0.529. The number of carbonyl (C=O) groups is 7. The number of hydrogen-bond donors (Lipinski definition) is 5. The molecule has 0 heterocycles. The average Bonchev–Trinajstić information content (AvgIpc) is 3.11. The van der Waals surface area contributed by atoms with Crippen LogP contribution < -0.4 is 0 Å². The van der Waals surface area contributed by atoms with Gasteiger partial charge in [0.1, 0.15) is 0 Å². The highest BCUT2D eigenvalue weighted by atomic mass is 16.5. The van der Waals surface area contributed by atoms with Gasteiger partial charge in [-0.1, -0.05) is 39.0 Å². The van der Waals surface area contributed by atoms with E-state index in [2.05, 4.69) is 0 Å². The molecule has 0 aromatic heterocycles. The molecule has 3 aromatic rings. The lowest BCUT2D eigenvalue weighted by atomic mass is 10.0. The molecule has 53 heavy (non-hydrogen) atoms. The molecular formula is C39H48O14. The molecule has 0 spiro atoms. The SMILES string of the molecule is CC(=O)c1cc(C(=O)O)ccc1C(=O)O.CCC(C)O.CCC(C)OC(=O)c1cc(C(=O)O)ccc1C(=O)O.CCC(C)OC(=O)c1ccccc1C. The lowest BCUT2D eigenvalue weighted by Crippen LogP contribution is -2.18. The van der Waals surface area contributed by atoms with E-state index in [0.29, 0.717) is 12.0 Å². The van der Waals surface area contributed by atoms with Gasteiger partial charge in [0.15, 0.2) is 5.78 Å². The first-order valence-corrected chi connectivity index (χ1v) is 16.6. The summed E-state index contributed by atoms with van der Waals surface area (Å²) in [5.74, 6) is -6.54. The summed E-state index contributed by atoms with van der Waals surface area (Å²) in [4.78, 5) is 77.7. The van der Waals surface area contributed by atoms with Gasteiger partial charge in [0, 0.05) is 5.56 Å². The van der Waals surface area contributed by atoms with E-state index < -0.39 is 35.6 Å². The van der Waals surface area contributed by atoms with Crippen LogP contribution in [0.25, 0.3) is 0 Å². The van der Waals surface area contributed by atoms with Crippen molar-refractivity contribution in [3.8, 4) is 0 Å². The second kappa shape index (κ2) is 23.6. The molecule has 0 aliphatic rings. The van der Waals surface area contributed by atoms with Crippen LogP contribution in [0.4, 0.5) is 0 Å². The number of ether oxygens (including phenoxy) is 2. The molecule has 0 amide bonds. The summed E-state index contributed by atoms with van der Waals surface area (Å²) in [6.45, 7) is 14.2. The Labute approximate surface area is 308 Å². The normalized spacial score (nSPS) is 11.6. The van der Waals surface area contributed by atoms with Crippen molar-refractivity contribution in [1.29, 1.82) is 0 Å². The zero-order valence-electron chi connectivity index (χ0n) is 31.0. The molecule has 0 aliphatic carbocycles. The van der Waals surface area contributed by atoms with Crippen molar-refractivity contribution in [3.05, 3.63) is 105 Å². The minimum absolute atomic E-state index is 0.0119. The molecule has 0 radical (unpaired) electrons. The summed E-state index contributed by atoms with van der Waals surface area (Å²) in [6.07, 6.45) is 1.78. The summed E-state index contributed by atoms with van der Waals surface area (Å²) in [7, 11) is 0. The summed E-state index contributed by atoms with van der Waals surface area (Å²) in [6, 6.07) is 14.0. The molecule has 5 N–H and O–H groups in total. The van der Waals surface area contributed by atoms with Gasteiger partial charge in [-0.05, 0) is 102 Å². The van der Waals surface area contributed by atoms with Crippen LogP contribution >= 0.6 is 0 Å². The third-order valence-electron chi connectivity index (χ3n) is 7.32. The third kappa shape index (κ3) is 16.8. The minimum Gasteiger partial charge on any atom is -0.478 e. The van der Waals surface area contributed by atoms with E-state index in [1.165, 1.54) is 6.92 Å². The zero-order chi connectivity index (χ0) is 41.0. The standard InChI is InChI=1S/C13H14O6.C12H16O2.C10H8O5.C4H10O/c1-3-7(2)19-13(18)10-6-8(11(14)15)4-5-9(10)12(16)17;1-4-10(3)14-12(13)11-8-6-5-7-9(11)2;1-5(11)8-4-6(9(12)13)2-3-7(8)10(14)15;1-3-4(2)5/h4-7H,3H2,1-2H3,(H,14,15)(H,16,17);5-8,10H,4H2,1-3H3;2-4H,1H3,(H,12,13)(H,14,15);4-5H,3H2,1-2H3. The number of aromatic carboxylic acids is 4. The van der Waals surface area contributed by atoms with E-state index in [4.69, 9.17) is 35.0 Å². The minimum atomic E-state index is -1.31. The Hall–Kier alpha value is -5.89. The molecule has 3 aromatic carbocycles. The maximum Gasteiger partial charge on any atom is 0.339 e. The number of carboxylic acid groups (broad SMARTS) is 4. The van der Waals surface area contributed by atoms with E-state index in [-0.39, 0.29) is 57.7 Å². The number of rotatable bonds is 12.